The van der Waals surface area contributed by atoms with E-state index in [2.05, 4.69) is 20.8 Å². The molecule has 0 saturated carbocycles. The first-order chi connectivity index (χ1) is 9.09. The summed E-state index contributed by atoms with van der Waals surface area (Å²) in [6.07, 6.45) is 4.50. The number of hydrogen-bond donors (Lipinski definition) is 1. The zero-order valence-electron chi connectivity index (χ0n) is 10.6. The number of aliphatic carboxylic acids is 1. The molecule has 0 bridgehead atoms. The van der Waals surface area contributed by atoms with Crippen LogP contribution in [0.1, 0.15) is 37.3 Å². The van der Waals surface area contributed by atoms with Crippen LogP contribution in [-0.2, 0) is 4.79 Å². The van der Waals surface area contributed by atoms with Crippen LogP contribution in [0.2, 0.25) is 5.02 Å². The molecule has 1 heterocycles. The summed E-state index contributed by atoms with van der Waals surface area (Å²) in [7, 11) is 0. The van der Waals surface area contributed by atoms with Crippen LogP contribution in [0, 0.1) is 0 Å². The second-order valence-electron chi connectivity index (χ2n) is 4.86. The third-order valence-electron chi connectivity index (χ3n) is 3.50. The van der Waals surface area contributed by atoms with Crippen LogP contribution in [0.25, 0.3) is 0 Å². The van der Waals surface area contributed by atoms with E-state index in [1.165, 1.54) is 12.8 Å². The lowest BCUT2D eigenvalue weighted by Crippen LogP contribution is -2.34. The molecule has 1 aliphatic heterocycles. The van der Waals surface area contributed by atoms with Gasteiger partial charge in [0.2, 0.25) is 0 Å². The normalized spacial score (nSPS) is 18.8. The predicted molar refractivity (Wildman–Crippen MR) is 79.6 cm³/mol. The van der Waals surface area contributed by atoms with Crippen molar-refractivity contribution in [2.45, 2.75) is 31.7 Å². The molecule has 0 spiro atoms. The van der Waals surface area contributed by atoms with Crippen LogP contribution in [0.4, 0.5) is 0 Å². The van der Waals surface area contributed by atoms with Crippen LogP contribution in [0.5, 0.6) is 0 Å². The summed E-state index contributed by atoms with van der Waals surface area (Å²) in [6, 6.07) is 4.80. The summed E-state index contributed by atoms with van der Waals surface area (Å²) in [5.74, 6) is -0.805. The number of carboxylic acids is 1. The SMILES string of the molecule is O=C(O)C(c1ccc(Br)c(Cl)c1)N1CCCCCC1. The van der Waals surface area contributed by atoms with Gasteiger partial charge in [0.1, 0.15) is 6.04 Å². The van der Waals surface area contributed by atoms with E-state index < -0.39 is 12.0 Å². The molecule has 1 atom stereocenters. The van der Waals surface area contributed by atoms with Crippen molar-refractivity contribution in [3.8, 4) is 0 Å². The third-order valence-corrected chi connectivity index (χ3v) is 4.73. The van der Waals surface area contributed by atoms with E-state index in [0.717, 1.165) is 36.0 Å². The van der Waals surface area contributed by atoms with E-state index in [0.29, 0.717) is 5.02 Å². The van der Waals surface area contributed by atoms with Gasteiger partial charge in [-0.15, -0.1) is 0 Å². The maximum Gasteiger partial charge on any atom is 0.325 e. The summed E-state index contributed by atoms with van der Waals surface area (Å²) >= 11 is 9.41. The topological polar surface area (TPSA) is 40.5 Å². The maximum atomic E-state index is 11.6. The highest BCUT2D eigenvalue weighted by molar-refractivity contribution is 9.10. The quantitative estimate of drug-likeness (QED) is 0.895. The zero-order valence-corrected chi connectivity index (χ0v) is 13.0. The molecular weight excluding hydrogens is 330 g/mol. The van der Waals surface area contributed by atoms with E-state index >= 15 is 0 Å². The first-order valence-corrected chi connectivity index (χ1v) is 7.68. The molecule has 0 aliphatic carbocycles. The highest BCUT2D eigenvalue weighted by atomic mass is 79.9. The first kappa shape index (κ1) is 14.8. The average Bonchev–Trinajstić information content (AvgIpc) is 2.62. The highest BCUT2D eigenvalue weighted by Gasteiger charge is 2.28. The smallest absolute Gasteiger partial charge is 0.325 e. The molecule has 1 aromatic rings. The molecule has 0 aromatic heterocycles. The van der Waals surface area contributed by atoms with Gasteiger partial charge in [-0.1, -0.05) is 30.5 Å². The van der Waals surface area contributed by atoms with Crippen molar-refractivity contribution in [3.05, 3.63) is 33.3 Å². The minimum absolute atomic E-state index is 0.554. The Hall–Kier alpha value is -0.580. The standard InChI is InChI=1S/C14H17BrClNO2/c15-11-6-5-10(9-12(11)16)13(14(18)19)17-7-3-1-2-4-8-17/h5-6,9,13H,1-4,7-8H2,(H,18,19). The molecule has 0 radical (unpaired) electrons. The number of halogens is 2. The van der Waals surface area contributed by atoms with Crippen molar-refractivity contribution in [1.82, 2.24) is 4.90 Å². The van der Waals surface area contributed by atoms with Crippen molar-refractivity contribution in [3.63, 3.8) is 0 Å². The molecular formula is C14H17BrClNO2. The van der Waals surface area contributed by atoms with Gasteiger partial charge in [-0.05, 0) is 59.6 Å². The largest absolute Gasteiger partial charge is 0.480 e. The van der Waals surface area contributed by atoms with Gasteiger partial charge >= 0.3 is 5.97 Å². The van der Waals surface area contributed by atoms with Crippen LogP contribution < -0.4 is 0 Å². The molecule has 19 heavy (non-hydrogen) atoms. The number of carbonyl (C=O) groups is 1. The van der Waals surface area contributed by atoms with Crippen LogP contribution >= 0.6 is 27.5 Å². The van der Waals surface area contributed by atoms with Gasteiger partial charge in [0.05, 0.1) is 5.02 Å². The van der Waals surface area contributed by atoms with Crippen LogP contribution in [0.3, 0.4) is 0 Å². The summed E-state index contributed by atoms with van der Waals surface area (Å²) in [6.45, 7) is 1.68. The van der Waals surface area contributed by atoms with E-state index in [9.17, 15) is 9.90 Å². The molecule has 1 fully saturated rings. The zero-order chi connectivity index (χ0) is 13.8. The first-order valence-electron chi connectivity index (χ1n) is 6.51. The molecule has 1 unspecified atom stereocenters. The van der Waals surface area contributed by atoms with Crippen molar-refractivity contribution >= 4 is 33.5 Å². The van der Waals surface area contributed by atoms with Crippen LogP contribution in [0.15, 0.2) is 22.7 Å². The molecule has 3 nitrogen and oxygen atoms in total. The Morgan fingerprint density at radius 2 is 1.89 bits per heavy atom. The molecule has 5 heteroatoms. The number of carboxylic acid groups (broad SMARTS) is 1. The Bertz CT molecular complexity index is 459. The fourth-order valence-corrected chi connectivity index (χ4v) is 2.98. The fourth-order valence-electron chi connectivity index (χ4n) is 2.55. The summed E-state index contributed by atoms with van der Waals surface area (Å²) in [5.41, 5.74) is 0.752. The maximum absolute atomic E-state index is 11.6. The van der Waals surface area contributed by atoms with Gasteiger partial charge in [0, 0.05) is 4.47 Å². The number of benzene rings is 1. The third kappa shape index (κ3) is 3.71. The highest BCUT2D eigenvalue weighted by Crippen LogP contribution is 2.30. The Kier molecular flexibility index (Phi) is 5.25. The van der Waals surface area contributed by atoms with Crippen molar-refractivity contribution in [1.29, 1.82) is 0 Å². The Morgan fingerprint density at radius 1 is 1.26 bits per heavy atom. The van der Waals surface area contributed by atoms with E-state index in [-0.39, 0.29) is 0 Å². The average molecular weight is 347 g/mol. The van der Waals surface area contributed by atoms with Gasteiger partial charge in [-0.2, -0.15) is 0 Å². The van der Waals surface area contributed by atoms with E-state index in [1.54, 1.807) is 6.07 Å². The molecule has 1 aliphatic rings. The Balaban J connectivity index is 2.27. The second-order valence-corrected chi connectivity index (χ2v) is 6.13. The summed E-state index contributed by atoms with van der Waals surface area (Å²) < 4.78 is 0.790. The van der Waals surface area contributed by atoms with Crippen LogP contribution in [-0.4, -0.2) is 29.1 Å². The number of likely N-dealkylation sites (tertiary alicyclic amines) is 1. The predicted octanol–water partition coefficient (Wildman–Crippen LogP) is 4.10. The fraction of sp³-hybridized carbons (Fsp3) is 0.500. The molecule has 1 aromatic carbocycles. The van der Waals surface area contributed by atoms with Crippen molar-refractivity contribution in [2.24, 2.45) is 0 Å². The minimum Gasteiger partial charge on any atom is -0.480 e. The van der Waals surface area contributed by atoms with Gasteiger partial charge < -0.3 is 5.11 Å². The second kappa shape index (κ2) is 6.73. The monoisotopic (exact) mass is 345 g/mol. The molecule has 1 N–H and O–H groups in total. The van der Waals surface area contributed by atoms with Gasteiger partial charge in [-0.25, -0.2) is 0 Å². The number of rotatable bonds is 3. The lowest BCUT2D eigenvalue weighted by Gasteiger charge is -2.27. The number of nitrogens with zero attached hydrogens (tertiary/aromatic N) is 1. The summed E-state index contributed by atoms with van der Waals surface area (Å²) in [4.78, 5) is 13.7. The molecule has 2 rings (SSSR count). The Morgan fingerprint density at radius 3 is 2.42 bits per heavy atom. The lowest BCUT2D eigenvalue weighted by molar-refractivity contribution is -0.143. The van der Waals surface area contributed by atoms with Crippen molar-refractivity contribution in [2.75, 3.05) is 13.1 Å². The van der Waals surface area contributed by atoms with Gasteiger partial charge in [0.25, 0.3) is 0 Å². The Labute approximate surface area is 126 Å². The molecule has 104 valence electrons. The molecule has 1 saturated heterocycles. The van der Waals surface area contributed by atoms with E-state index in [4.69, 9.17) is 11.6 Å². The molecule has 0 amide bonds. The van der Waals surface area contributed by atoms with Gasteiger partial charge in [-0.3, -0.25) is 9.69 Å². The van der Waals surface area contributed by atoms with Gasteiger partial charge in [0.15, 0.2) is 0 Å². The number of hydrogen-bond acceptors (Lipinski definition) is 2. The van der Waals surface area contributed by atoms with E-state index in [1.807, 2.05) is 12.1 Å². The van der Waals surface area contributed by atoms with Crippen molar-refractivity contribution < 1.29 is 9.90 Å². The summed E-state index contributed by atoms with van der Waals surface area (Å²) in [5, 5.41) is 10.1. The lowest BCUT2D eigenvalue weighted by atomic mass is 10.1. The minimum atomic E-state index is -0.805.